The lowest BCUT2D eigenvalue weighted by Gasteiger charge is -2.10. The number of aromatic nitrogens is 1. The van der Waals surface area contributed by atoms with Crippen LogP contribution in [0.1, 0.15) is 23.4 Å². The predicted molar refractivity (Wildman–Crippen MR) is 77.6 cm³/mol. The lowest BCUT2D eigenvalue weighted by molar-refractivity contribution is -0.118. The number of methoxy groups -OCH3 is 1. The molecule has 0 fully saturated rings. The highest BCUT2D eigenvalue weighted by atomic mass is 32.2. The minimum atomic E-state index is -0.532. The van der Waals surface area contributed by atoms with Crippen molar-refractivity contribution in [2.45, 2.75) is 32.1 Å². The van der Waals surface area contributed by atoms with Crippen molar-refractivity contribution in [3.8, 4) is 0 Å². The maximum absolute atomic E-state index is 11.6. The average Bonchev–Trinajstić information content (AvgIpc) is 2.70. The Morgan fingerprint density at radius 3 is 2.90 bits per heavy atom. The van der Waals surface area contributed by atoms with Crippen LogP contribution in [0.4, 0.5) is 0 Å². The van der Waals surface area contributed by atoms with Crippen LogP contribution in [0.5, 0.6) is 0 Å². The number of carbonyl (C=O) groups is 1. The monoisotopic (exact) mass is 302 g/mol. The summed E-state index contributed by atoms with van der Waals surface area (Å²) in [5.41, 5.74) is 1.93. The molecule has 1 rings (SSSR count). The van der Waals surface area contributed by atoms with Crippen molar-refractivity contribution in [1.29, 1.82) is 0 Å². The number of carbonyl (C=O) groups excluding carboxylic acids is 1. The van der Waals surface area contributed by atoms with Crippen LogP contribution in [0.15, 0.2) is 4.52 Å². The number of ether oxygens (including phenoxy) is 1. The van der Waals surface area contributed by atoms with Gasteiger partial charge in [-0.15, -0.1) is 11.8 Å². The van der Waals surface area contributed by atoms with Crippen molar-refractivity contribution in [3.05, 3.63) is 17.0 Å². The third kappa shape index (κ3) is 5.94. The fourth-order valence-electron chi connectivity index (χ4n) is 1.66. The zero-order chi connectivity index (χ0) is 15.0. The summed E-state index contributed by atoms with van der Waals surface area (Å²) < 4.78 is 9.87. The van der Waals surface area contributed by atoms with Crippen LogP contribution in [0.25, 0.3) is 0 Å². The molecule has 7 heteroatoms. The summed E-state index contributed by atoms with van der Waals surface area (Å²) in [4.78, 5) is 11.6. The second-order valence-corrected chi connectivity index (χ2v) is 5.53. The molecular weight excluding hydrogens is 280 g/mol. The Kier molecular flexibility index (Phi) is 7.64. The lowest BCUT2D eigenvalue weighted by atomic mass is 10.2. The van der Waals surface area contributed by atoms with Crippen molar-refractivity contribution < 1.29 is 19.2 Å². The molecule has 1 aromatic rings. The van der Waals surface area contributed by atoms with Crippen molar-refractivity contribution in [2.75, 3.05) is 26.0 Å². The first-order valence-corrected chi connectivity index (χ1v) is 7.63. The molecule has 0 radical (unpaired) electrons. The Balaban J connectivity index is 2.14. The summed E-state index contributed by atoms with van der Waals surface area (Å²) in [6.07, 6.45) is -0.0380. The molecule has 0 saturated carbocycles. The molecule has 1 unspecified atom stereocenters. The standard InChI is InChI=1S/C13H22N2O4S/c1-9-12(10(2)19-15-9)7-20-8-13(17)14-5-4-11(16)6-18-3/h11,16H,4-8H2,1-3H3,(H,14,17). The van der Waals surface area contributed by atoms with Crippen LogP contribution in [0.2, 0.25) is 0 Å². The van der Waals surface area contributed by atoms with Gasteiger partial charge < -0.3 is 19.7 Å². The normalized spacial score (nSPS) is 12.4. The molecule has 6 nitrogen and oxygen atoms in total. The highest BCUT2D eigenvalue weighted by Gasteiger charge is 2.10. The molecule has 1 aromatic heterocycles. The number of aliphatic hydroxyl groups excluding tert-OH is 1. The molecule has 0 bridgehead atoms. The Morgan fingerprint density at radius 1 is 1.55 bits per heavy atom. The molecular formula is C13H22N2O4S. The Hall–Kier alpha value is -1.05. The van der Waals surface area contributed by atoms with E-state index in [-0.39, 0.29) is 12.5 Å². The smallest absolute Gasteiger partial charge is 0.230 e. The lowest BCUT2D eigenvalue weighted by Crippen LogP contribution is -2.29. The number of thioether (sulfide) groups is 1. The topological polar surface area (TPSA) is 84.6 Å². The van der Waals surface area contributed by atoms with E-state index in [1.165, 1.54) is 18.9 Å². The van der Waals surface area contributed by atoms with Crippen LogP contribution in [-0.2, 0) is 15.3 Å². The molecule has 0 aromatic carbocycles. The van der Waals surface area contributed by atoms with E-state index in [4.69, 9.17) is 9.26 Å². The van der Waals surface area contributed by atoms with Gasteiger partial charge in [-0.2, -0.15) is 0 Å². The largest absolute Gasteiger partial charge is 0.391 e. The van der Waals surface area contributed by atoms with Crippen molar-refractivity contribution >= 4 is 17.7 Å². The zero-order valence-corrected chi connectivity index (χ0v) is 13.0. The van der Waals surface area contributed by atoms with E-state index in [0.29, 0.717) is 24.5 Å². The van der Waals surface area contributed by atoms with E-state index < -0.39 is 6.10 Å². The first-order chi connectivity index (χ1) is 9.54. The third-order valence-corrected chi connectivity index (χ3v) is 3.78. The summed E-state index contributed by atoms with van der Waals surface area (Å²) in [5, 5.41) is 16.1. The predicted octanol–water partition coefficient (Wildman–Crippen LogP) is 1.04. The van der Waals surface area contributed by atoms with Gasteiger partial charge in [0, 0.05) is 25.0 Å². The number of rotatable bonds is 9. The summed E-state index contributed by atoms with van der Waals surface area (Å²) in [6, 6.07) is 0. The minimum Gasteiger partial charge on any atom is -0.391 e. The van der Waals surface area contributed by atoms with Gasteiger partial charge in [-0.05, 0) is 20.3 Å². The quantitative estimate of drug-likeness (QED) is 0.709. The van der Waals surface area contributed by atoms with Crippen LogP contribution < -0.4 is 5.32 Å². The van der Waals surface area contributed by atoms with E-state index in [2.05, 4.69) is 10.5 Å². The first kappa shape index (κ1) is 17.0. The molecule has 1 atom stereocenters. The van der Waals surface area contributed by atoms with E-state index in [1.807, 2.05) is 13.8 Å². The number of nitrogens with one attached hydrogen (secondary N) is 1. The number of amides is 1. The molecule has 0 aliphatic rings. The van der Waals surface area contributed by atoms with Crippen LogP contribution in [0, 0.1) is 13.8 Å². The van der Waals surface area contributed by atoms with E-state index >= 15 is 0 Å². The number of hydrogen-bond donors (Lipinski definition) is 2. The summed E-state index contributed by atoms with van der Waals surface area (Å²) in [7, 11) is 1.53. The molecule has 1 heterocycles. The number of nitrogens with zero attached hydrogens (tertiary/aromatic N) is 1. The van der Waals surface area contributed by atoms with Gasteiger partial charge in [-0.1, -0.05) is 5.16 Å². The van der Waals surface area contributed by atoms with Crippen LogP contribution in [-0.4, -0.2) is 48.3 Å². The maximum Gasteiger partial charge on any atom is 0.230 e. The number of aryl methyl sites for hydroxylation is 2. The maximum atomic E-state index is 11.6. The van der Waals surface area contributed by atoms with Gasteiger partial charge in [0.25, 0.3) is 0 Å². The van der Waals surface area contributed by atoms with Gasteiger partial charge in [-0.25, -0.2) is 0 Å². The number of aliphatic hydroxyl groups is 1. The summed E-state index contributed by atoms with van der Waals surface area (Å²) in [5.74, 6) is 1.86. The van der Waals surface area contributed by atoms with Crippen molar-refractivity contribution in [2.24, 2.45) is 0 Å². The number of hydrogen-bond acceptors (Lipinski definition) is 6. The van der Waals surface area contributed by atoms with Gasteiger partial charge in [0.1, 0.15) is 5.76 Å². The second kappa shape index (κ2) is 8.99. The third-order valence-electron chi connectivity index (χ3n) is 2.82. The SMILES string of the molecule is COCC(O)CCNC(=O)CSCc1c(C)noc1C. The Bertz CT molecular complexity index is 403. The van der Waals surface area contributed by atoms with E-state index in [0.717, 1.165) is 17.0 Å². The fraction of sp³-hybridized carbons (Fsp3) is 0.692. The van der Waals surface area contributed by atoms with Gasteiger partial charge in [0.05, 0.1) is 24.2 Å². The molecule has 20 heavy (non-hydrogen) atoms. The summed E-state index contributed by atoms with van der Waals surface area (Å²) >= 11 is 1.52. The minimum absolute atomic E-state index is 0.0358. The van der Waals surface area contributed by atoms with Crippen LogP contribution in [0.3, 0.4) is 0 Å². The van der Waals surface area contributed by atoms with Gasteiger partial charge in [0.15, 0.2) is 0 Å². The Morgan fingerprint density at radius 2 is 2.30 bits per heavy atom. The molecule has 0 aliphatic carbocycles. The first-order valence-electron chi connectivity index (χ1n) is 6.47. The summed E-state index contributed by atoms with van der Waals surface area (Å²) in [6.45, 7) is 4.50. The van der Waals surface area contributed by atoms with Gasteiger partial charge in [0.2, 0.25) is 5.91 Å². The molecule has 0 spiro atoms. The van der Waals surface area contributed by atoms with E-state index in [1.54, 1.807) is 0 Å². The molecule has 2 N–H and O–H groups in total. The molecule has 1 amide bonds. The average molecular weight is 302 g/mol. The van der Waals surface area contributed by atoms with E-state index in [9.17, 15) is 9.90 Å². The zero-order valence-electron chi connectivity index (χ0n) is 12.1. The van der Waals surface area contributed by atoms with Crippen LogP contribution >= 0.6 is 11.8 Å². The molecule has 0 saturated heterocycles. The van der Waals surface area contributed by atoms with Gasteiger partial charge >= 0.3 is 0 Å². The van der Waals surface area contributed by atoms with Gasteiger partial charge in [-0.3, -0.25) is 4.79 Å². The molecule has 0 aliphatic heterocycles. The second-order valence-electron chi connectivity index (χ2n) is 4.54. The highest BCUT2D eigenvalue weighted by molar-refractivity contribution is 7.99. The fourth-order valence-corrected chi connectivity index (χ4v) is 2.66. The highest BCUT2D eigenvalue weighted by Crippen LogP contribution is 2.19. The Labute approximate surface area is 123 Å². The molecule has 114 valence electrons. The van der Waals surface area contributed by atoms with Crippen molar-refractivity contribution in [3.63, 3.8) is 0 Å². The van der Waals surface area contributed by atoms with Crippen molar-refractivity contribution in [1.82, 2.24) is 10.5 Å².